The molecule has 2 N–H and O–H groups in total. The lowest BCUT2D eigenvalue weighted by molar-refractivity contribution is -0.124. The maximum Gasteiger partial charge on any atom is 0.258 e. The summed E-state index contributed by atoms with van der Waals surface area (Å²) >= 11 is 0. The first-order valence-corrected chi connectivity index (χ1v) is 6.75. The first-order valence-electron chi connectivity index (χ1n) is 6.75. The van der Waals surface area contributed by atoms with Gasteiger partial charge in [-0.05, 0) is 23.2 Å². The molecule has 3 rings (SSSR count). The van der Waals surface area contributed by atoms with Crippen LogP contribution in [0.1, 0.15) is 22.9 Å². The van der Waals surface area contributed by atoms with Crippen LogP contribution in [0.15, 0.2) is 34.9 Å². The fraction of sp³-hybridized carbons (Fsp3) is 0.333. The van der Waals surface area contributed by atoms with E-state index in [0.717, 1.165) is 11.1 Å². The van der Waals surface area contributed by atoms with Gasteiger partial charge in [-0.1, -0.05) is 24.3 Å². The quantitative estimate of drug-likeness (QED) is 0.881. The lowest BCUT2D eigenvalue weighted by Gasteiger charge is -2.17. The monoisotopic (exact) mass is 288 g/mol. The average molecular weight is 288 g/mol. The molecule has 1 amide bonds. The molecule has 1 aliphatic carbocycles. The number of amides is 1. The molecule has 0 spiro atoms. The highest BCUT2D eigenvalue weighted by Crippen LogP contribution is 2.31. The highest BCUT2D eigenvalue weighted by Gasteiger charge is 2.31. The van der Waals surface area contributed by atoms with Crippen molar-refractivity contribution in [1.29, 1.82) is 0 Å². The topological polar surface area (TPSA) is 84.6 Å². The minimum absolute atomic E-state index is 0.169. The summed E-state index contributed by atoms with van der Waals surface area (Å²) in [5.41, 5.74) is 2.01. The van der Waals surface area contributed by atoms with E-state index < -0.39 is 12.1 Å². The van der Waals surface area contributed by atoms with Gasteiger partial charge in [-0.3, -0.25) is 4.79 Å². The van der Waals surface area contributed by atoms with E-state index in [1.807, 2.05) is 24.3 Å². The average Bonchev–Trinajstić information content (AvgIpc) is 3.01. The molecular formula is C15H16N2O4. The Labute approximate surface area is 121 Å². The molecule has 0 bridgehead atoms. The molecule has 2 atom stereocenters. The van der Waals surface area contributed by atoms with Crippen LogP contribution in [-0.4, -0.2) is 28.9 Å². The maximum absolute atomic E-state index is 11.9. The smallest absolute Gasteiger partial charge is 0.258 e. The molecule has 1 heterocycles. The Morgan fingerprint density at radius 2 is 2.33 bits per heavy atom. The third-order valence-corrected chi connectivity index (χ3v) is 3.48. The van der Waals surface area contributed by atoms with Crippen LogP contribution in [0, 0.1) is 6.92 Å². The lowest BCUT2D eigenvalue weighted by atomic mass is 10.1. The normalized spacial score (nSPS) is 20.1. The molecule has 21 heavy (non-hydrogen) atoms. The van der Waals surface area contributed by atoms with Gasteiger partial charge in [0.15, 0.2) is 6.61 Å². The summed E-state index contributed by atoms with van der Waals surface area (Å²) in [5.74, 6) is 0.581. The Kier molecular flexibility index (Phi) is 3.62. The number of benzene rings is 1. The third-order valence-electron chi connectivity index (χ3n) is 3.48. The zero-order valence-electron chi connectivity index (χ0n) is 11.6. The van der Waals surface area contributed by atoms with Crippen molar-refractivity contribution in [3.63, 3.8) is 0 Å². The number of aliphatic hydroxyl groups is 1. The summed E-state index contributed by atoms with van der Waals surface area (Å²) in [6, 6.07) is 8.90. The number of hydrogen-bond acceptors (Lipinski definition) is 5. The largest absolute Gasteiger partial charge is 0.465 e. The van der Waals surface area contributed by atoms with Crippen LogP contribution < -0.4 is 10.1 Å². The standard InChI is InChI=1S/C15H16N2O4/c1-9-6-14(17-21-9)20-8-13(19)16-15-11-5-3-2-4-10(11)7-12(15)18/h2-6,12,15,18H,7-8H2,1H3,(H,16,19)/t12-,15+/m0/s1. The summed E-state index contributed by atoms with van der Waals surface area (Å²) in [6.07, 6.45) is -0.0644. The van der Waals surface area contributed by atoms with Crippen LogP contribution in [0.25, 0.3) is 0 Å². The predicted molar refractivity (Wildman–Crippen MR) is 73.8 cm³/mol. The molecule has 1 aliphatic rings. The number of hydrogen-bond donors (Lipinski definition) is 2. The van der Waals surface area contributed by atoms with E-state index in [1.165, 1.54) is 0 Å². The van der Waals surface area contributed by atoms with Crippen LogP contribution in [-0.2, 0) is 11.2 Å². The molecule has 0 fully saturated rings. The van der Waals surface area contributed by atoms with Gasteiger partial charge in [0.1, 0.15) is 5.76 Å². The van der Waals surface area contributed by atoms with Gasteiger partial charge >= 0.3 is 0 Å². The van der Waals surface area contributed by atoms with Crippen LogP contribution in [0.4, 0.5) is 0 Å². The number of nitrogens with one attached hydrogen (secondary N) is 1. The van der Waals surface area contributed by atoms with Crippen LogP contribution in [0.3, 0.4) is 0 Å². The summed E-state index contributed by atoms with van der Waals surface area (Å²) in [6.45, 7) is 1.57. The molecule has 0 saturated heterocycles. The summed E-state index contributed by atoms with van der Waals surface area (Å²) in [5, 5.41) is 16.5. The molecule has 0 aliphatic heterocycles. The highest BCUT2D eigenvalue weighted by atomic mass is 16.5. The second-order valence-electron chi connectivity index (χ2n) is 5.08. The van der Waals surface area contributed by atoms with Crippen molar-refractivity contribution in [3.05, 3.63) is 47.2 Å². The van der Waals surface area contributed by atoms with Crippen molar-refractivity contribution in [2.75, 3.05) is 6.61 Å². The SMILES string of the molecule is Cc1cc(OCC(=O)N[C@@H]2c3ccccc3C[C@@H]2O)no1. The van der Waals surface area contributed by atoms with Gasteiger partial charge in [-0.15, -0.1) is 0 Å². The lowest BCUT2D eigenvalue weighted by Crippen LogP contribution is -2.36. The van der Waals surface area contributed by atoms with Crippen molar-refractivity contribution >= 4 is 5.91 Å². The Balaban J connectivity index is 1.60. The number of aromatic nitrogens is 1. The van der Waals surface area contributed by atoms with Gasteiger partial charge < -0.3 is 19.7 Å². The number of rotatable bonds is 4. The van der Waals surface area contributed by atoms with E-state index in [0.29, 0.717) is 12.2 Å². The van der Waals surface area contributed by atoms with Crippen molar-refractivity contribution < 1.29 is 19.2 Å². The van der Waals surface area contributed by atoms with Crippen LogP contribution >= 0.6 is 0 Å². The third kappa shape index (κ3) is 2.90. The van der Waals surface area contributed by atoms with Crippen molar-refractivity contribution in [1.82, 2.24) is 10.5 Å². The predicted octanol–water partition coefficient (Wildman–Crippen LogP) is 1.14. The summed E-state index contributed by atoms with van der Waals surface area (Å²) < 4.78 is 10.1. The molecule has 0 radical (unpaired) electrons. The maximum atomic E-state index is 11.9. The zero-order valence-corrected chi connectivity index (χ0v) is 11.6. The summed E-state index contributed by atoms with van der Waals surface area (Å²) in [4.78, 5) is 11.9. The van der Waals surface area contributed by atoms with Gasteiger partial charge in [0, 0.05) is 12.5 Å². The molecule has 110 valence electrons. The number of carbonyl (C=O) groups excluding carboxylic acids is 1. The van der Waals surface area contributed by atoms with E-state index in [-0.39, 0.29) is 18.4 Å². The Bertz CT molecular complexity index is 653. The van der Waals surface area contributed by atoms with Crippen LogP contribution in [0.2, 0.25) is 0 Å². The second-order valence-corrected chi connectivity index (χ2v) is 5.08. The van der Waals surface area contributed by atoms with E-state index in [2.05, 4.69) is 10.5 Å². The van der Waals surface area contributed by atoms with Gasteiger partial charge in [-0.2, -0.15) is 0 Å². The van der Waals surface area contributed by atoms with E-state index in [4.69, 9.17) is 9.26 Å². The fourth-order valence-electron chi connectivity index (χ4n) is 2.51. The molecular weight excluding hydrogens is 272 g/mol. The number of ether oxygens (including phenoxy) is 1. The van der Waals surface area contributed by atoms with Gasteiger partial charge in [-0.25, -0.2) is 0 Å². The number of carbonyl (C=O) groups is 1. The Morgan fingerprint density at radius 1 is 1.52 bits per heavy atom. The van der Waals surface area contributed by atoms with Crippen molar-refractivity contribution in [3.8, 4) is 5.88 Å². The van der Waals surface area contributed by atoms with Gasteiger partial charge in [0.25, 0.3) is 11.8 Å². The fourth-order valence-corrected chi connectivity index (χ4v) is 2.51. The Hall–Kier alpha value is -2.34. The first kappa shape index (κ1) is 13.6. The van der Waals surface area contributed by atoms with E-state index >= 15 is 0 Å². The molecule has 1 aromatic carbocycles. The van der Waals surface area contributed by atoms with Gasteiger partial charge in [0.05, 0.1) is 12.1 Å². The molecule has 0 saturated carbocycles. The Morgan fingerprint density at radius 3 is 3.10 bits per heavy atom. The van der Waals surface area contributed by atoms with Crippen LogP contribution in [0.5, 0.6) is 5.88 Å². The summed E-state index contributed by atoms with van der Waals surface area (Å²) in [7, 11) is 0. The number of aliphatic hydroxyl groups excluding tert-OH is 1. The molecule has 0 unspecified atom stereocenters. The molecule has 6 heteroatoms. The van der Waals surface area contributed by atoms with Crippen molar-refractivity contribution in [2.45, 2.75) is 25.5 Å². The number of aryl methyl sites for hydroxylation is 1. The number of fused-ring (bicyclic) bond motifs is 1. The highest BCUT2D eigenvalue weighted by molar-refractivity contribution is 5.78. The van der Waals surface area contributed by atoms with E-state index in [1.54, 1.807) is 13.0 Å². The molecule has 6 nitrogen and oxygen atoms in total. The van der Waals surface area contributed by atoms with E-state index in [9.17, 15) is 9.90 Å². The van der Waals surface area contributed by atoms with Gasteiger partial charge in [0.2, 0.25) is 0 Å². The number of nitrogens with zero attached hydrogens (tertiary/aromatic N) is 1. The molecule has 1 aromatic heterocycles. The van der Waals surface area contributed by atoms with Crippen molar-refractivity contribution in [2.24, 2.45) is 0 Å². The minimum Gasteiger partial charge on any atom is -0.465 e. The second kappa shape index (κ2) is 5.57. The first-order chi connectivity index (χ1) is 10.1. The minimum atomic E-state index is -0.611. The zero-order chi connectivity index (χ0) is 14.8. The molecule has 2 aromatic rings.